The number of halogens is 1. The second-order valence-electron chi connectivity index (χ2n) is 4.19. The highest BCUT2D eigenvalue weighted by Crippen LogP contribution is 2.19. The summed E-state index contributed by atoms with van der Waals surface area (Å²) in [7, 11) is 1.74. The van der Waals surface area contributed by atoms with Crippen LogP contribution in [0.4, 0.5) is 0 Å². The van der Waals surface area contributed by atoms with Gasteiger partial charge >= 0.3 is 0 Å². The number of aromatic nitrogens is 4. The van der Waals surface area contributed by atoms with Crippen LogP contribution in [-0.2, 0) is 18.4 Å². The maximum absolute atomic E-state index is 12.0. The number of hydrogen-bond acceptors (Lipinski definition) is 5. The van der Waals surface area contributed by atoms with Crippen molar-refractivity contribution in [3.05, 3.63) is 34.9 Å². The van der Waals surface area contributed by atoms with Gasteiger partial charge < -0.3 is 5.32 Å². The molecular formula is C12H14ClN5OS. The van der Waals surface area contributed by atoms with Gasteiger partial charge in [-0.3, -0.25) is 4.79 Å². The van der Waals surface area contributed by atoms with E-state index in [0.29, 0.717) is 16.7 Å². The standard InChI is InChI=1S/C12H14ClN5OS/c1-8(20-12-15-16-17-18(12)2)11(19)14-7-9-3-5-10(13)6-4-9/h3-6,8H,7H2,1-2H3,(H,14,19). The molecule has 0 aliphatic rings. The third-order valence-corrected chi connectivity index (χ3v) is 3.99. The van der Waals surface area contributed by atoms with Crippen molar-refractivity contribution in [1.82, 2.24) is 25.5 Å². The molecule has 106 valence electrons. The Morgan fingerprint density at radius 3 is 2.75 bits per heavy atom. The highest BCUT2D eigenvalue weighted by Gasteiger charge is 2.17. The van der Waals surface area contributed by atoms with Gasteiger partial charge in [0.2, 0.25) is 11.1 Å². The first kappa shape index (κ1) is 14.8. The maximum atomic E-state index is 12.0. The molecule has 8 heteroatoms. The number of aryl methyl sites for hydroxylation is 1. The van der Waals surface area contributed by atoms with Gasteiger partial charge in [-0.15, -0.1) is 5.10 Å². The predicted octanol–water partition coefficient (Wildman–Crippen LogP) is 1.66. The van der Waals surface area contributed by atoms with Crippen molar-refractivity contribution in [2.24, 2.45) is 7.05 Å². The van der Waals surface area contributed by atoms with Crippen LogP contribution in [0, 0.1) is 0 Å². The van der Waals surface area contributed by atoms with Gasteiger partial charge in [-0.05, 0) is 35.0 Å². The number of rotatable bonds is 5. The van der Waals surface area contributed by atoms with Crippen molar-refractivity contribution in [3.8, 4) is 0 Å². The number of carbonyl (C=O) groups is 1. The zero-order chi connectivity index (χ0) is 14.5. The molecule has 0 aliphatic carbocycles. The molecule has 0 fully saturated rings. The third-order valence-electron chi connectivity index (χ3n) is 2.61. The van der Waals surface area contributed by atoms with E-state index in [1.807, 2.05) is 19.1 Å². The molecule has 0 aliphatic heterocycles. The van der Waals surface area contributed by atoms with Crippen molar-refractivity contribution in [3.63, 3.8) is 0 Å². The largest absolute Gasteiger partial charge is 0.351 e. The summed E-state index contributed by atoms with van der Waals surface area (Å²) < 4.78 is 1.54. The van der Waals surface area contributed by atoms with Gasteiger partial charge in [0, 0.05) is 18.6 Å². The monoisotopic (exact) mass is 311 g/mol. The lowest BCUT2D eigenvalue weighted by Gasteiger charge is -2.10. The predicted molar refractivity (Wildman–Crippen MR) is 77.4 cm³/mol. The second-order valence-corrected chi connectivity index (χ2v) is 5.93. The normalized spacial score (nSPS) is 12.2. The van der Waals surface area contributed by atoms with E-state index in [0.717, 1.165) is 5.56 Å². The van der Waals surface area contributed by atoms with Crippen molar-refractivity contribution >= 4 is 29.3 Å². The molecule has 2 rings (SSSR count). The molecule has 1 heterocycles. The van der Waals surface area contributed by atoms with Crippen molar-refractivity contribution in [2.45, 2.75) is 23.9 Å². The molecule has 0 saturated carbocycles. The second kappa shape index (κ2) is 6.71. The van der Waals surface area contributed by atoms with Gasteiger partial charge in [0.25, 0.3) is 0 Å². The maximum Gasteiger partial charge on any atom is 0.233 e. The summed E-state index contributed by atoms with van der Waals surface area (Å²) in [5.41, 5.74) is 1.00. The zero-order valence-electron chi connectivity index (χ0n) is 11.1. The Labute approximate surface area is 125 Å². The van der Waals surface area contributed by atoms with E-state index in [2.05, 4.69) is 20.8 Å². The van der Waals surface area contributed by atoms with Crippen molar-refractivity contribution in [2.75, 3.05) is 0 Å². The number of nitrogens with one attached hydrogen (secondary N) is 1. The van der Waals surface area contributed by atoms with Crippen LogP contribution in [0.25, 0.3) is 0 Å². The Morgan fingerprint density at radius 2 is 2.15 bits per heavy atom. The van der Waals surface area contributed by atoms with Gasteiger partial charge in [0.1, 0.15) is 0 Å². The molecule has 1 aromatic carbocycles. The lowest BCUT2D eigenvalue weighted by molar-refractivity contribution is -0.120. The zero-order valence-corrected chi connectivity index (χ0v) is 12.6. The lowest BCUT2D eigenvalue weighted by atomic mass is 10.2. The number of nitrogens with zero attached hydrogens (tertiary/aromatic N) is 4. The average Bonchev–Trinajstić information content (AvgIpc) is 2.83. The Hall–Kier alpha value is -1.60. The fourth-order valence-electron chi connectivity index (χ4n) is 1.47. The van der Waals surface area contributed by atoms with E-state index in [-0.39, 0.29) is 11.2 Å². The van der Waals surface area contributed by atoms with Gasteiger partial charge in [0.05, 0.1) is 5.25 Å². The summed E-state index contributed by atoms with van der Waals surface area (Å²) in [6, 6.07) is 7.36. The first-order valence-electron chi connectivity index (χ1n) is 5.97. The van der Waals surface area contributed by atoms with E-state index < -0.39 is 0 Å². The Balaban J connectivity index is 1.85. The Kier molecular flexibility index (Phi) is 4.97. The highest BCUT2D eigenvalue weighted by molar-refractivity contribution is 8.00. The molecule has 1 N–H and O–H groups in total. The minimum absolute atomic E-state index is 0.0621. The first-order valence-corrected chi connectivity index (χ1v) is 7.23. The Bertz CT molecular complexity index is 586. The summed E-state index contributed by atoms with van der Waals surface area (Å²) in [6.45, 7) is 2.29. The fraction of sp³-hybridized carbons (Fsp3) is 0.333. The van der Waals surface area contributed by atoms with Crippen LogP contribution in [0.5, 0.6) is 0 Å². The molecule has 1 unspecified atom stereocenters. The molecule has 0 radical (unpaired) electrons. The summed E-state index contributed by atoms with van der Waals surface area (Å²) in [4.78, 5) is 12.0. The number of thioether (sulfide) groups is 1. The van der Waals surface area contributed by atoms with E-state index in [1.54, 1.807) is 19.2 Å². The summed E-state index contributed by atoms with van der Waals surface area (Å²) in [5.74, 6) is -0.0621. The van der Waals surface area contributed by atoms with Gasteiger partial charge in [-0.25, -0.2) is 4.68 Å². The van der Waals surface area contributed by atoms with Crippen molar-refractivity contribution < 1.29 is 4.79 Å². The summed E-state index contributed by atoms with van der Waals surface area (Å²) in [5, 5.41) is 15.0. The van der Waals surface area contributed by atoms with Crippen LogP contribution in [0.2, 0.25) is 5.02 Å². The van der Waals surface area contributed by atoms with Gasteiger partial charge in [-0.2, -0.15) is 0 Å². The Morgan fingerprint density at radius 1 is 1.45 bits per heavy atom. The fourth-order valence-corrected chi connectivity index (χ4v) is 2.37. The first-order chi connectivity index (χ1) is 9.56. The van der Waals surface area contributed by atoms with Crippen LogP contribution in [0.1, 0.15) is 12.5 Å². The van der Waals surface area contributed by atoms with E-state index in [9.17, 15) is 4.79 Å². The van der Waals surface area contributed by atoms with E-state index >= 15 is 0 Å². The molecule has 0 spiro atoms. The van der Waals surface area contributed by atoms with Crippen LogP contribution >= 0.6 is 23.4 Å². The molecule has 1 aromatic heterocycles. The highest BCUT2D eigenvalue weighted by atomic mass is 35.5. The number of amides is 1. The minimum Gasteiger partial charge on any atom is -0.351 e. The molecule has 1 atom stereocenters. The molecule has 0 bridgehead atoms. The SMILES string of the molecule is CC(Sc1nnnn1C)C(=O)NCc1ccc(Cl)cc1. The lowest BCUT2D eigenvalue weighted by Crippen LogP contribution is -2.30. The smallest absolute Gasteiger partial charge is 0.233 e. The average molecular weight is 312 g/mol. The molecule has 2 aromatic rings. The topological polar surface area (TPSA) is 72.7 Å². The molecule has 6 nitrogen and oxygen atoms in total. The van der Waals surface area contributed by atoms with Crippen LogP contribution in [0.3, 0.4) is 0 Å². The third kappa shape index (κ3) is 3.94. The van der Waals surface area contributed by atoms with Crippen LogP contribution in [0.15, 0.2) is 29.4 Å². The summed E-state index contributed by atoms with van der Waals surface area (Å²) >= 11 is 7.12. The molecule has 1 amide bonds. The quantitative estimate of drug-likeness (QED) is 0.850. The number of tetrazole rings is 1. The summed E-state index contributed by atoms with van der Waals surface area (Å²) in [6.07, 6.45) is 0. The molecule has 0 saturated heterocycles. The minimum atomic E-state index is -0.271. The molecule has 20 heavy (non-hydrogen) atoms. The van der Waals surface area contributed by atoms with Crippen molar-refractivity contribution in [1.29, 1.82) is 0 Å². The number of benzene rings is 1. The van der Waals surface area contributed by atoms with Gasteiger partial charge in [0.15, 0.2) is 0 Å². The van der Waals surface area contributed by atoms with E-state index in [4.69, 9.17) is 11.6 Å². The number of carbonyl (C=O) groups excluding carboxylic acids is 1. The molecular weight excluding hydrogens is 298 g/mol. The van der Waals surface area contributed by atoms with Crippen LogP contribution in [-0.4, -0.2) is 31.4 Å². The van der Waals surface area contributed by atoms with Gasteiger partial charge in [-0.1, -0.05) is 35.5 Å². The van der Waals surface area contributed by atoms with Crippen LogP contribution < -0.4 is 5.32 Å². The van der Waals surface area contributed by atoms with E-state index in [1.165, 1.54) is 16.4 Å². The number of hydrogen-bond donors (Lipinski definition) is 1.